The second-order valence-corrected chi connectivity index (χ2v) is 5.72. The summed E-state index contributed by atoms with van der Waals surface area (Å²) in [6, 6.07) is 5.80. The molecule has 2 atom stereocenters. The van der Waals surface area contributed by atoms with Gasteiger partial charge in [-0.05, 0) is 31.0 Å². The van der Waals surface area contributed by atoms with Gasteiger partial charge in [0.15, 0.2) is 0 Å². The van der Waals surface area contributed by atoms with Crippen LogP contribution < -0.4 is 5.73 Å². The number of nitrogens with two attached hydrogens (primary N) is 1. The summed E-state index contributed by atoms with van der Waals surface area (Å²) < 4.78 is 7.00. The molecule has 0 saturated carbocycles. The monoisotopic (exact) mass is 268 g/mol. The first kappa shape index (κ1) is 11.4. The molecule has 90 valence electrons. The molecule has 1 aliphatic rings. The van der Waals surface area contributed by atoms with Crippen LogP contribution in [0.5, 0.6) is 0 Å². The minimum Gasteiger partial charge on any atom is -0.366 e. The molecule has 3 nitrogen and oxygen atoms in total. The minimum absolute atomic E-state index is 0.111. The molecule has 0 amide bonds. The largest absolute Gasteiger partial charge is 0.366 e. The number of halogens is 1. The first-order valence-corrected chi connectivity index (χ1v) is 6.87. The van der Waals surface area contributed by atoms with Gasteiger partial charge in [0.2, 0.25) is 0 Å². The number of ether oxygens (including phenoxy) is 1. The molecule has 1 aliphatic heterocycles. The van der Waals surface area contributed by atoms with Crippen LogP contribution in [0.4, 0.5) is 0 Å². The van der Waals surface area contributed by atoms with Crippen molar-refractivity contribution in [3.8, 4) is 0 Å². The van der Waals surface area contributed by atoms with Gasteiger partial charge in [0, 0.05) is 11.6 Å². The highest BCUT2D eigenvalue weighted by molar-refractivity contribution is 7.18. The van der Waals surface area contributed by atoms with E-state index in [0.29, 0.717) is 6.54 Å². The van der Waals surface area contributed by atoms with Crippen molar-refractivity contribution in [2.45, 2.75) is 25.0 Å². The number of thiazole rings is 1. The van der Waals surface area contributed by atoms with Gasteiger partial charge >= 0.3 is 0 Å². The van der Waals surface area contributed by atoms with Crippen LogP contribution in [0, 0.1) is 0 Å². The predicted molar refractivity (Wildman–Crippen MR) is 70.5 cm³/mol. The number of benzene rings is 1. The van der Waals surface area contributed by atoms with E-state index in [1.165, 1.54) is 0 Å². The Morgan fingerprint density at radius 1 is 1.47 bits per heavy atom. The van der Waals surface area contributed by atoms with E-state index in [2.05, 4.69) is 4.98 Å². The number of hydrogen-bond acceptors (Lipinski definition) is 4. The molecule has 2 aromatic rings. The summed E-state index contributed by atoms with van der Waals surface area (Å²) in [5.74, 6) is 0. The van der Waals surface area contributed by atoms with E-state index in [4.69, 9.17) is 22.1 Å². The summed E-state index contributed by atoms with van der Waals surface area (Å²) >= 11 is 7.63. The summed E-state index contributed by atoms with van der Waals surface area (Å²) in [6.07, 6.45) is 2.34. The van der Waals surface area contributed by atoms with E-state index in [1.807, 2.05) is 18.2 Å². The lowest BCUT2D eigenvalue weighted by Crippen LogP contribution is -2.18. The van der Waals surface area contributed by atoms with Gasteiger partial charge in [-0.2, -0.15) is 0 Å². The highest BCUT2D eigenvalue weighted by atomic mass is 35.5. The standard InChI is InChI=1S/C12H13ClN2OS/c13-7-1-4-11-9(5-7)15-12(17-11)10-3-2-8(6-14)16-10/h1,4-5,8,10H,2-3,6,14H2. The third-order valence-corrected chi connectivity index (χ3v) is 4.38. The van der Waals surface area contributed by atoms with Gasteiger partial charge in [-0.1, -0.05) is 11.6 Å². The Hall–Kier alpha value is -0.680. The van der Waals surface area contributed by atoms with Crippen LogP contribution in [-0.4, -0.2) is 17.6 Å². The number of hydrogen-bond donors (Lipinski definition) is 1. The molecule has 0 bridgehead atoms. The normalized spacial score (nSPS) is 24.6. The molecule has 0 radical (unpaired) electrons. The second kappa shape index (κ2) is 4.53. The Kier molecular flexibility index (Phi) is 3.04. The topological polar surface area (TPSA) is 48.1 Å². The lowest BCUT2D eigenvalue weighted by Gasteiger charge is -2.08. The lowest BCUT2D eigenvalue weighted by molar-refractivity contribution is 0.0498. The van der Waals surface area contributed by atoms with E-state index >= 15 is 0 Å². The number of rotatable bonds is 2. The number of nitrogens with zero attached hydrogens (tertiary/aromatic N) is 1. The average molecular weight is 269 g/mol. The molecule has 2 N–H and O–H groups in total. The average Bonchev–Trinajstić information content (AvgIpc) is 2.93. The Balaban J connectivity index is 1.91. The van der Waals surface area contributed by atoms with Crippen molar-refractivity contribution >= 4 is 33.2 Å². The first-order chi connectivity index (χ1) is 8.26. The van der Waals surface area contributed by atoms with Gasteiger partial charge in [0.25, 0.3) is 0 Å². The molecule has 5 heteroatoms. The van der Waals surface area contributed by atoms with Crippen molar-refractivity contribution in [2.24, 2.45) is 5.73 Å². The lowest BCUT2D eigenvalue weighted by atomic mass is 10.2. The molecule has 17 heavy (non-hydrogen) atoms. The quantitative estimate of drug-likeness (QED) is 0.910. The molecule has 1 aromatic heterocycles. The highest BCUT2D eigenvalue weighted by Crippen LogP contribution is 2.36. The van der Waals surface area contributed by atoms with Crippen LogP contribution in [0.2, 0.25) is 5.02 Å². The molecule has 1 saturated heterocycles. The van der Waals surface area contributed by atoms with Gasteiger partial charge in [0.05, 0.1) is 16.3 Å². The van der Waals surface area contributed by atoms with Crippen LogP contribution in [-0.2, 0) is 4.74 Å². The van der Waals surface area contributed by atoms with E-state index < -0.39 is 0 Å². The van der Waals surface area contributed by atoms with Gasteiger partial charge in [-0.25, -0.2) is 4.98 Å². The summed E-state index contributed by atoms with van der Waals surface area (Å²) in [5, 5.41) is 1.76. The fourth-order valence-corrected chi connectivity index (χ4v) is 3.30. The van der Waals surface area contributed by atoms with Crippen LogP contribution >= 0.6 is 22.9 Å². The van der Waals surface area contributed by atoms with Crippen LogP contribution in [0.15, 0.2) is 18.2 Å². The zero-order valence-electron chi connectivity index (χ0n) is 9.23. The molecule has 1 aromatic carbocycles. The predicted octanol–water partition coefficient (Wildman–Crippen LogP) is 3.13. The number of aromatic nitrogens is 1. The van der Waals surface area contributed by atoms with Crippen molar-refractivity contribution in [3.05, 3.63) is 28.2 Å². The first-order valence-electron chi connectivity index (χ1n) is 5.68. The maximum Gasteiger partial charge on any atom is 0.123 e. The Morgan fingerprint density at radius 2 is 2.35 bits per heavy atom. The summed E-state index contributed by atoms with van der Waals surface area (Å²) in [5.41, 5.74) is 6.57. The molecule has 2 heterocycles. The van der Waals surface area contributed by atoms with Crippen molar-refractivity contribution in [2.75, 3.05) is 6.54 Å². The third kappa shape index (κ3) is 2.18. The summed E-state index contributed by atoms with van der Waals surface area (Å²) in [6.45, 7) is 0.590. The fourth-order valence-electron chi connectivity index (χ4n) is 2.12. The summed E-state index contributed by atoms with van der Waals surface area (Å²) in [4.78, 5) is 4.59. The zero-order chi connectivity index (χ0) is 11.8. The molecule has 0 spiro atoms. The molecule has 0 aliphatic carbocycles. The maximum atomic E-state index is 5.95. The SMILES string of the molecule is NCC1CCC(c2nc3cc(Cl)ccc3s2)O1. The molecular weight excluding hydrogens is 256 g/mol. The van der Waals surface area contributed by atoms with E-state index in [0.717, 1.165) is 33.1 Å². The molecule has 3 rings (SSSR count). The smallest absolute Gasteiger partial charge is 0.123 e. The molecule has 1 fully saturated rings. The van der Waals surface area contributed by atoms with Crippen LogP contribution in [0.3, 0.4) is 0 Å². The highest BCUT2D eigenvalue weighted by Gasteiger charge is 2.27. The Labute approximate surface area is 109 Å². The maximum absolute atomic E-state index is 5.95. The Bertz CT molecular complexity index is 542. The van der Waals surface area contributed by atoms with Gasteiger partial charge in [0.1, 0.15) is 11.1 Å². The van der Waals surface area contributed by atoms with Crippen molar-refractivity contribution in [1.82, 2.24) is 4.98 Å². The van der Waals surface area contributed by atoms with Crippen LogP contribution in [0.1, 0.15) is 24.0 Å². The number of fused-ring (bicyclic) bond motifs is 1. The van der Waals surface area contributed by atoms with Crippen molar-refractivity contribution < 1.29 is 4.74 Å². The van der Waals surface area contributed by atoms with E-state index in [1.54, 1.807) is 11.3 Å². The van der Waals surface area contributed by atoms with Crippen LogP contribution in [0.25, 0.3) is 10.2 Å². The summed E-state index contributed by atoms with van der Waals surface area (Å²) in [7, 11) is 0. The second-order valence-electron chi connectivity index (χ2n) is 4.22. The van der Waals surface area contributed by atoms with Crippen molar-refractivity contribution in [1.29, 1.82) is 0 Å². The molecular formula is C12H13ClN2OS. The van der Waals surface area contributed by atoms with E-state index in [-0.39, 0.29) is 12.2 Å². The van der Waals surface area contributed by atoms with Gasteiger partial charge in [-0.3, -0.25) is 0 Å². The Morgan fingerprint density at radius 3 is 3.12 bits per heavy atom. The van der Waals surface area contributed by atoms with Crippen molar-refractivity contribution in [3.63, 3.8) is 0 Å². The van der Waals surface area contributed by atoms with Gasteiger partial charge < -0.3 is 10.5 Å². The molecule has 2 unspecified atom stereocenters. The fraction of sp³-hybridized carbons (Fsp3) is 0.417. The minimum atomic E-state index is 0.111. The zero-order valence-corrected chi connectivity index (χ0v) is 10.8. The third-order valence-electron chi connectivity index (χ3n) is 3.01. The van der Waals surface area contributed by atoms with E-state index in [9.17, 15) is 0 Å². The van der Waals surface area contributed by atoms with Gasteiger partial charge in [-0.15, -0.1) is 11.3 Å².